The number of hydrogen-bond donors (Lipinski definition) is 1. The third-order valence-electron chi connectivity index (χ3n) is 3.59. The van der Waals surface area contributed by atoms with Gasteiger partial charge in [0.1, 0.15) is 5.82 Å². The van der Waals surface area contributed by atoms with E-state index in [1.165, 1.54) is 18.4 Å². The normalized spacial score (nSPS) is 16.8. The standard InChI is InChI=1S/C15H22FNO/c1-18-9-8-17-11-14(13-4-5-13)10-12-2-6-15(16)7-3-12/h2-3,6-7,13-14,17H,4-5,8-11H2,1H3. The average molecular weight is 251 g/mol. The van der Waals surface area contributed by atoms with Crippen molar-refractivity contribution in [3.63, 3.8) is 0 Å². The molecular weight excluding hydrogens is 229 g/mol. The molecule has 2 nitrogen and oxygen atoms in total. The monoisotopic (exact) mass is 251 g/mol. The van der Waals surface area contributed by atoms with E-state index in [1.54, 1.807) is 19.2 Å². The highest BCUT2D eigenvalue weighted by Crippen LogP contribution is 2.38. The van der Waals surface area contributed by atoms with Gasteiger partial charge in [-0.3, -0.25) is 0 Å². The Hall–Kier alpha value is -0.930. The van der Waals surface area contributed by atoms with E-state index in [0.717, 1.165) is 32.0 Å². The minimum absolute atomic E-state index is 0.153. The molecule has 0 heterocycles. The number of halogens is 1. The first-order chi connectivity index (χ1) is 8.79. The molecule has 1 aliphatic rings. The molecule has 1 fully saturated rings. The summed E-state index contributed by atoms with van der Waals surface area (Å²) in [6.45, 7) is 2.70. The van der Waals surface area contributed by atoms with Crippen molar-refractivity contribution in [3.05, 3.63) is 35.6 Å². The van der Waals surface area contributed by atoms with Crippen LogP contribution in [0.3, 0.4) is 0 Å². The molecule has 1 atom stereocenters. The summed E-state index contributed by atoms with van der Waals surface area (Å²) in [6, 6.07) is 6.91. The van der Waals surface area contributed by atoms with Gasteiger partial charge in [-0.15, -0.1) is 0 Å². The Morgan fingerprint density at radius 2 is 2.06 bits per heavy atom. The molecular formula is C15H22FNO. The largest absolute Gasteiger partial charge is 0.383 e. The smallest absolute Gasteiger partial charge is 0.123 e. The summed E-state index contributed by atoms with van der Waals surface area (Å²) < 4.78 is 17.9. The molecule has 0 aromatic heterocycles. The van der Waals surface area contributed by atoms with Crippen molar-refractivity contribution < 1.29 is 9.13 Å². The van der Waals surface area contributed by atoms with E-state index in [-0.39, 0.29) is 5.82 Å². The summed E-state index contributed by atoms with van der Waals surface area (Å²) in [4.78, 5) is 0. The fourth-order valence-electron chi connectivity index (χ4n) is 2.36. The van der Waals surface area contributed by atoms with Gasteiger partial charge in [-0.2, -0.15) is 0 Å². The first kappa shape index (κ1) is 13.5. The summed E-state index contributed by atoms with van der Waals surface area (Å²) in [6.07, 6.45) is 3.74. The Labute approximate surface area is 109 Å². The molecule has 1 aromatic carbocycles. The van der Waals surface area contributed by atoms with E-state index in [0.29, 0.717) is 5.92 Å². The zero-order chi connectivity index (χ0) is 12.8. The summed E-state index contributed by atoms with van der Waals surface area (Å²) in [7, 11) is 1.72. The quantitative estimate of drug-likeness (QED) is 0.717. The Morgan fingerprint density at radius 3 is 2.67 bits per heavy atom. The number of ether oxygens (including phenoxy) is 1. The van der Waals surface area contributed by atoms with Gasteiger partial charge >= 0.3 is 0 Å². The predicted molar refractivity (Wildman–Crippen MR) is 71.1 cm³/mol. The molecule has 0 bridgehead atoms. The molecule has 1 aromatic rings. The number of methoxy groups -OCH3 is 1. The molecule has 0 aliphatic heterocycles. The lowest BCUT2D eigenvalue weighted by molar-refractivity contribution is 0.197. The maximum atomic E-state index is 12.9. The lowest BCUT2D eigenvalue weighted by Gasteiger charge is -2.17. The van der Waals surface area contributed by atoms with Crippen molar-refractivity contribution in [2.45, 2.75) is 19.3 Å². The van der Waals surface area contributed by atoms with E-state index in [9.17, 15) is 4.39 Å². The second kappa shape index (κ2) is 6.86. The van der Waals surface area contributed by atoms with Crippen molar-refractivity contribution in [1.29, 1.82) is 0 Å². The van der Waals surface area contributed by atoms with Crippen molar-refractivity contribution in [2.24, 2.45) is 11.8 Å². The maximum absolute atomic E-state index is 12.9. The molecule has 0 radical (unpaired) electrons. The highest BCUT2D eigenvalue weighted by Gasteiger charge is 2.30. The SMILES string of the molecule is COCCNCC(Cc1ccc(F)cc1)C1CC1. The van der Waals surface area contributed by atoms with Crippen LogP contribution >= 0.6 is 0 Å². The molecule has 0 amide bonds. The van der Waals surface area contributed by atoms with Crippen LogP contribution in [0.15, 0.2) is 24.3 Å². The lowest BCUT2D eigenvalue weighted by Crippen LogP contribution is -2.28. The Bertz CT molecular complexity index is 348. The van der Waals surface area contributed by atoms with Crippen LogP contribution in [0, 0.1) is 17.7 Å². The Morgan fingerprint density at radius 1 is 1.33 bits per heavy atom. The fraction of sp³-hybridized carbons (Fsp3) is 0.600. The highest BCUT2D eigenvalue weighted by atomic mass is 19.1. The van der Waals surface area contributed by atoms with Gasteiger partial charge in [-0.1, -0.05) is 12.1 Å². The Kier molecular flexibility index (Phi) is 5.14. The van der Waals surface area contributed by atoms with E-state index in [4.69, 9.17) is 4.74 Å². The fourth-order valence-corrected chi connectivity index (χ4v) is 2.36. The first-order valence-electron chi connectivity index (χ1n) is 6.73. The van der Waals surface area contributed by atoms with Gasteiger partial charge in [0.15, 0.2) is 0 Å². The molecule has 1 N–H and O–H groups in total. The van der Waals surface area contributed by atoms with E-state index in [1.807, 2.05) is 12.1 Å². The van der Waals surface area contributed by atoms with Crippen LogP contribution in [0.4, 0.5) is 4.39 Å². The third kappa shape index (κ3) is 4.39. The zero-order valence-electron chi connectivity index (χ0n) is 11.0. The lowest BCUT2D eigenvalue weighted by atomic mass is 9.94. The minimum Gasteiger partial charge on any atom is -0.383 e. The van der Waals surface area contributed by atoms with Gasteiger partial charge in [0, 0.05) is 13.7 Å². The number of benzene rings is 1. The van der Waals surface area contributed by atoms with Crippen LogP contribution in [0.1, 0.15) is 18.4 Å². The van der Waals surface area contributed by atoms with Crippen LogP contribution in [0.5, 0.6) is 0 Å². The third-order valence-corrected chi connectivity index (χ3v) is 3.59. The van der Waals surface area contributed by atoms with Gasteiger partial charge in [-0.05, 0) is 55.3 Å². The second-order valence-electron chi connectivity index (χ2n) is 5.13. The zero-order valence-corrected chi connectivity index (χ0v) is 11.0. The van der Waals surface area contributed by atoms with Crippen molar-refractivity contribution in [2.75, 3.05) is 26.8 Å². The van der Waals surface area contributed by atoms with E-state index < -0.39 is 0 Å². The molecule has 1 saturated carbocycles. The maximum Gasteiger partial charge on any atom is 0.123 e. The molecule has 1 unspecified atom stereocenters. The summed E-state index contributed by atoms with van der Waals surface area (Å²) >= 11 is 0. The second-order valence-corrected chi connectivity index (χ2v) is 5.13. The van der Waals surface area contributed by atoms with Gasteiger partial charge in [-0.25, -0.2) is 4.39 Å². The van der Waals surface area contributed by atoms with Crippen molar-refractivity contribution in [3.8, 4) is 0 Å². The highest BCUT2D eigenvalue weighted by molar-refractivity contribution is 5.17. The van der Waals surface area contributed by atoms with Gasteiger partial charge in [0.05, 0.1) is 6.61 Å². The van der Waals surface area contributed by atoms with Crippen LogP contribution in [0.25, 0.3) is 0 Å². The Balaban J connectivity index is 1.80. The van der Waals surface area contributed by atoms with Gasteiger partial charge < -0.3 is 10.1 Å². The topological polar surface area (TPSA) is 21.3 Å². The van der Waals surface area contributed by atoms with E-state index >= 15 is 0 Å². The van der Waals surface area contributed by atoms with Gasteiger partial charge in [0.25, 0.3) is 0 Å². The van der Waals surface area contributed by atoms with E-state index in [2.05, 4.69) is 5.32 Å². The summed E-state index contributed by atoms with van der Waals surface area (Å²) in [5, 5.41) is 3.44. The first-order valence-corrected chi connectivity index (χ1v) is 6.73. The van der Waals surface area contributed by atoms with Crippen LogP contribution < -0.4 is 5.32 Å². The average Bonchev–Trinajstić information content (AvgIpc) is 3.20. The van der Waals surface area contributed by atoms with Crippen molar-refractivity contribution in [1.82, 2.24) is 5.32 Å². The molecule has 100 valence electrons. The van der Waals surface area contributed by atoms with Crippen LogP contribution in [-0.2, 0) is 11.2 Å². The van der Waals surface area contributed by atoms with Gasteiger partial charge in [0.2, 0.25) is 0 Å². The molecule has 3 heteroatoms. The van der Waals surface area contributed by atoms with Crippen LogP contribution in [0.2, 0.25) is 0 Å². The molecule has 0 spiro atoms. The number of hydrogen-bond acceptors (Lipinski definition) is 2. The number of rotatable bonds is 8. The number of nitrogens with one attached hydrogen (secondary N) is 1. The molecule has 1 aliphatic carbocycles. The predicted octanol–water partition coefficient (Wildman–Crippen LogP) is 2.63. The molecule has 18 heavy (non-hydrogen) atoms. The summed E-state index contributed by atoms with van der Waals surface area (Å²) in [5.74, 6) is 1.37. The summed E-state index contributed by atoms with van der Waals surface area (Å²) in [5.41, 5.74) is 1.24. The van der Waals surface area contributed by atoms with Crippen LogP contribution in [-0.4, -0.2) is 26.8 Å². The molecule has 0 saturated heterocycles. The minimum atomic E-state index is -0.153. The molecule has 2 rings (SSSR count). The van der Waals surface area contributed by atoms with Crippen molar-refractivity contribution >= 4 is 0 Å².